The molecule has 0 unspecified atom stereocenters. The molecule has 0 bridgehead atoms. The van der Waals surface area contributed by atoms with Crippen molar-refractivity contribution in [2.75, 3.05) is 19.6 Å². The van der Waals surface area contributed by atoms with E-state index in [0.29, 0.717) is 5.69 Å². The summed E-state index contributed by atoms with van der Waals surface area (Å²) >= 11 is 0. The Labute approximate surface area is 137 Å². The topological polar surface area (TPSA) is 179 Å². The third-order valence-corrected chi connectivity index (χ3v) is 2.86. The molecule has 1 atom stereocenters. The Hall–Kier alpha value is -2.95. The molecule has 24 heavy (non-hydrogen) atoms. The average Bonchev–Trinajstić information content (AvgIpc) is 3.03. The molecule has 0 aliphatic carbocycles. The van der Waals surface area contributed by atoms with Crippen LogP contribution in [-0.4, -0.2) is 64.4 Å². The van der Waals surface area contributed by atoms with E-state index in [1.54, 1.807) is 0 Å². The van der Waals surface area contributed by atoms with Gasteiger partial charge in [-0.05, 0) is 0 Å². The van der Waals surface area contributed by atoms with Crippen molar-refractivity contribution >= 4 is 23.7 Å². The van der Waals surface area contributed by atoms with Crippen LogP contribution in [0.5, 0.6) is 0 Å². The molecular formula is C13H20N6O5. The molecule has 11 heteroatoms. The number of carbonyl (C=O) groups excluding carboxylic acids is 3. The van der Waals surface area contributed by atoms with Crippen LogP contribution in [0.3, 0.4) is 0 Å². The van der Waals surface area contributed by atoms with Crippen LogP contribution in [-0.2, 0) is 25.6 Å². The SMILES string of the molecule is NCCC(=O)N[C@@H](Cc1cnc[nH]1)C(=O)NCC(=O)NCC(=O)O. The molecule has 1 aromatic heterocycles. The van der Waals surface area contributed by atoms with E-state index >= 15 is 0 Å². The van der Waals surface area contributed by atoms with Crippen LogP contribution in [0.25, 0.3) is 0 Å². The lowest BCUT2D eigenvalue weighted by Crippen LogP contribution is -2.50. The first-order valence-corrected chi connectivity index (χ1v) is 7.15. The summed E-state index contributed by atoms with van der Waals surface area (Å²) in [6.45, 7) is -0.806. The molecule has 3 amide bonds. The van der Waals surface area contributed by atoms with Gasteiger partial charge in [-0.25, -0.2) is 4.98 Å². The van der Waals surface area contributed by atoms with Gasteiger partial charge in [-0.2, -0.15) is 0 Å². The number of carboxylic acid groups (broad SMARTS) is 1. The van der Waals surface area contributed by atoms with Gasteiger partial charge in [0.1, 0.15) is 12.6 Å². The molecule has 1 aromatic rings. The highest BCUT2D eigenvalue weighted by molar-refractivity contribution is 5.91. The van der Waals surface area contributed by atoms with Gasteiger partial charge >= 0.3 is 5.97 Å². The van der Waals surface area contributed by atoms with E-state index in [1.807, 2.05) is 0 Å². The lowest BCUT2D eigenvalue weighted by molar-refractivity contribution is -0.138. The number of aromatic nitrogens is 2. The fourth-order valence-electron chi connectivity index (χ4n) is 1.75. The van der Waals surface area contributed by atoms with Crippen LogP contribution >= 0.6 is 0 Å². The van der Waals surface area contributed by atoms with Crippen LogP contribution in [0.2, 0.25) is 0 Å². The van der Waals surface area contributed by atoms with E-state index in [1.165, 1.54) is 12.5 Å². The number of nitrogens with zero attached hydrogens (tertiary/aromatic N) is 1. The second-order valence-electron chi connectivity index (χ2n) is 4.83. The number of H-pyrrole nitrogens is 1. The maximum absolute atomic E-state index is 12.2. The number of rotatable bonds is 10. The fourth-order valence-corrected chi connectivity index (χ4v) is 1.75. The van der Waals surface area contributed by atoms with Crippen molar-refractivity contribution in [3.8, 4) is 0 Å². The van der Waals surface area contributed by atoms with Crippen LogP contribution in [0, 0.1) is 0 Å². The number of imidazole rings is 1. The second kappa shape index (κ2) is 9.94. The van der Waals surface area contributed by atoms with E-state index in [0.717, 1.165) is 0 Å². The number of aliphatic carboxylic acids is 1. The fraction of sp³-hybridized carbons (Fsp3) is 0.462. The highest BCUT2D eigenvalue weighted by Crippen LogP contribution is 1.99. The summed E-state index contributed by atoms with van der Waals surface area (Å²) in [6, 6.07) is -0.920. The molecule has 0 spiro atoms. The van der Waals surface area contributed by atoms with Crippen molar-refractivity contribution in [3.63, 3.8) is 0 Å². The number of nitrogens with two attached hydrogens (primary N) is 1. The van der Waals surface area contributed by atoms with Gasteiger partial charge in [0.15, 0.2) is 0 Å². The molecule has 0 aliphatic heterocycles. The number of nitrogens with one attached hydrogen (secondary N) is 4. The number of carboxylic acids is 1. The van der Waals surface area contributed by atoms with E-state index in [-0.39, 0.29) is 19.4 Å². The third kappa shape index (κ3) is 7.35. The number of aromatic amines is 1. The van der Waals surface area contributed by atoms with Gasteiger partial charge in [-0.1, -0.05) is 0 Å². The van der Waals surface area contributed by atoms with E-state index in [9.17, 15) is 19.2 Å². The quantitative estimate of drug-likeness (QED) is 0.264. The molecule has 1 rings (SSSR count). The van der Waals surface area contributed by atoms with E-state index in [2.05, 4.69) is 25.9 Å². The molecule has 132 valence electrons. The number of hydrogen-bond acceptors (Lipinski definition) is 6. The summed E-state index contributed by atoms with van der Waals surface area (Å²) in [6.07, 6.45) is 3.16. The van der Waals surface area contributed by atoms with Crippen LogP contribution in [0.4, 0.5) is 0 Å². The van der Waals surface area contributed by atoms with Gasteiger partial charge in [0.25, 0.3) is 0 Å². The van der Waals surface area contributed by atoms with Gasteiger partial charge < -0.3 is 31.8 Å². The van der Waals surface area contributed by atoms with E-state index in [4.69, 9.17) is 10.8 Å². The molecule has 0 aromatic carbocycles. The highest BCUT2D eigenvalue weighted by Gasteiger charge is 2.22. The minimum absolute atomic E-state index is 0.0614. The summed E-state index contributed by atoms with van der Waals surface area (Å²) in [5.41, 5.74) is 5.92. The zero-order valence-electron chi connectivity index (χ0n) is 12.9. The first-order valence-electron chi connectivity index (χ1n) is 7.15. The van der Waals surface area contributed by atoms with Crippen LogP contribution < -0.4 is 21.7 Å². The van der Waals surface area contributed by atoms with Crippen molar-refractivity contribution < 1.29 is 24.3 Å². The Morgan fingerprint density at radius 1 is 1.21 bits per heavy atom. The molecule has 7 N–H and O–H groups in total. The monoisotopic (exact) mass is 340 g/mol. The predicted octanol–water partition coefficient (Wildman–Crippen LogP) is -2.90. The molecule has 0 fully saturated rings. The summed E-state index contributed by atoms with van der Waals surface area (Å²) in [5, 5.41) is 15.4. The number of carbonyl (C=O) groups is 4. The number of hydrogen-bond donors (Lipinski definition) is 6. The maximum Gasteiger partial charge on any atom is 0.322 e. The average molecular weight is 340 g/mol. The summed E-state index contributed by atoms with van der Waals surface area (Å²) in [7, 11) is 0. The minimum Gasteiger partial charge on any atom is -0.480 e. The van der Waals surface area contributed by atoms with Gasteiger partial charge in [0.2, 0.25) is 17.7 Å². The predicted molar refractivity (Wildman–Crippen MR) is 81.5 cm³/mol. The van der Waals surface area contributed by atoms with Gasteiger partial charge in [0, 0.05) is 31.3 Å². The van der Waals surface area contributed by atoms with Crippen molar-refractivity contribution in [1.82, 2.24) is 25.9 Å². The first kappa shape index (κ1) is 19.1. The zero-order chi connectivity index (χ0) is 17.9. The van der Waals surface area contributed by atoms with Gasteiger partial charge in [0.05, 0.1) is 12.9 Å². The highest BCUT2D eigenvalue weighted by atomic mass is 16.4. The Morgan fingerprint density at radius 3 is 2.54 bits per heavy atom. The van der Waals surface area contributed by atoms with Crippen LogP contribution in [0.1, 0.15) is 12.1 Å². The largest absolute Gasteiger partial charge is 0.480 e. The molecule has 0 saturated heterocycles. The molecule has 1 heterocycles. The Balaban J connectivity index is 2.57. The molecule has 0 saturated carbocycles. The van der Waals surface area contributed by atoms with Crippen molar-refractivity contribution in [2.24, 2.45) is 5.73 Å². The van der Waals surface area contributed by atoms with Gasteiger partial charge in [-0.3, -0.25) is 19.2 Å². The van der Waals surface area contributed by atoms with Crippen molar-refractivity contribution in [3.05, 3.63) is 18.2 Å². The summed E-state index contributed by atoms with van der Waals surface area (Å²) in [5.74, 6) is -2.83. The minimum atomic E-state index is -1.19. The van der Waals surface area contributed by atoms with Crippen molar-refractivity contribution in [1.29, 1.82) is 0 Å². The molecule has 0 radical (unpaired) electrons. The van der Waals surface area contributed by atoms with Crippen molar-refractivity contribution in [2.45, 2.75) is 18.9 Å². The number of amides is 3. The maximum atomic E-state index is 12.2. The lowest BCUT2D eigenvalue weighted by Gasteiger charge is -2.17. The lowest BCUT2D eigenvalue weighted by atomic mass is 10.1. The summed E-state index contributed by atoms with van der Waals surface area (Å²) in [4.78, 5) is 52.2. The third-order valence-electron chi connectivity index (χ3n) is 2.86. The summed E-state index contributed by atoms with van der Waals surface area (Å²) < 4.78 is 0. The normalized spacial score (nSPS) is 11.4. The molecular weight excluding hydrogens is 320 g/mol. The Kier molecular flexibility index (Phi) is 7.91. The van der Waals surface area contributed by atoms with Gasteiger partial charge in [-0.15, -0.1) is 0 Å². The van der Waals surface area contributed by atoms with Crippen LogP contribution in [0.15, 0.2) is 12.5 Å². The first-order chi connectivity index (χ1) is 11.4. The Bertz CT molecular complexity index is 573. The molecule has 11 nitrogen and oxygen atoms in total. The smallest absolute Gasteiger partial charge is 0.322 e. The zero-order valence-corrected chi connectivity index (χ0v) is 12.9. The second-order valence-corrected chi connectivity index (χ2v) is 4.83. The Morgan fingerprint density at radius 2 is 1.96 bits per heavy atom. The molecule has 0 aliphatic rings. The standard InChI is InChI=1S/C13H20N6O5/c14-2-1-10(20)19-9(3-8-4-15-7-18-8)13(24)17-5-11(21)16-6-12(22)23/h4,7,9H,1-3,5-6,14H2,(H,15,18)(H,16,21)(H,17,24)(H,19,20)(H,22,23)/t9-/m0/s1. The van der Waals surface area contributed by atoms with E-state index < -0.39 is 42.8 Å².